The fourth-order valence-electron chi connectivity index (χ4n) is 2.17. The minimum atomic E-state index is -3.52. The lowest BCUT2D eigenvalue weighted by Crippen LogP contribution is -2.07. The van der Waals surface area contributed by atoms with Crippen molar-refractivity contribution < 1.29 is 17.4 Å². The zero-order chi connectivity index (χ0) is 17.5. The van der Waals surface area contributed by atoms with Crippen LogP contribution in [0.2, 0.25) is 5.15 Å². The van der Waals surface area contributed by atoms with Gasteiger partial charge in [0.15, 0.2) is 20.3 Å². The number of nitrogens with zero attached hydrogens (tertiary/aromatic N) is 2. The van der Waals surface area contributed by atoms with Gasteiger partial charge >= 0.3 is 0 Å². The Morgan fingerprint density at radius 3 is 2.67 bits per heavy atom. The summed E-state index contributed by atoms with van der Waals surface area (Å²) in [6.45, 7) is 1.54. The second kappa shape index (κ2) is 6.36. The molecule has 2 heterocycles. The molecule has 6 nitrogen and oxygen atoms in total. The number of benzene rings is 1. The van der Waals surface area contributed by atoms with Crippen LogP contribution in [-0.4, -0.2) is 34.9 Å². The Balaban J connectivity index is 2.22. The Bertz CT molecular complexity index is 1020. The van der Waals surface area contributed by atoms with E-state index in [2.05, 4.69) is 9.97 Å². The molecule has 3 rings (SSSR count). The van der Waals surface area contributed by atoms with Gasteiger partial charge in [-0.3, -0.25) is 0 Å². The van der Waals surface area contributed by atoms with Crippen molar-refractivity contribution in [3.05, 3.63) is 35.5 Å². The molecule has 1 aromatic carbocycles. The summed E-state index contributed by atoms with van der Waals surface area (Å²) < 4.78 is 41.8. The molecule has 0 N–H and O–H groups in total. The van der Waals surface area contributed by atoms with Crippen molar-refractivity contribution in [1.82, 2.24) is 9.97 Å². The predicted octanol–water partition coefficient (Wildman–Crippen LogP) is 3.07. The van der Waals surface area contributed by atoms with Crippen molar-refractivity contribution in [2.45, 2.75) is 16.7 Å². The molecule has 126 valence electrons. The molecule has 0 bridgehead atoms. The Labute approximate surface area is 147 Å². The van der Waals surface area contributed by atoms with Crippen LogP contribution in [0, 0.1) is 0 Å². The minimum absolute atomic E-state index is 0.0141. The topological polar surface area (TPSA) is 96.1 Å². The number of rotatable bonds is 4. The van der Waals surface area contributed by atoms with Crippen molar-refractivity contribution in [3.63, 3.8) is 0 Å². The normalized spacial score (nSPS) is 13.3. The molecule has 0 saturated carbocycles. The van der Waals surface area contributed by atoms with Gasteiger partial charge in [0.05, 0.1) is 10.6 Å². The summed E-state index contributed by atoms with van der Waals surface area (Å²) in [5.41, 5.74) is 0.986. The Morgan fingerprint density at radius 2 is 2.00 bits per heavy atom. The Kier molecular flexibility index (Phi) is 4.56. The fourth-order valence-corrected chi connectivity index (χ4v) is 3.87. The number of sulfone groups is 1. The second-order valence-corrected chi connectivity index (χ2v) is 9.00. The SMILES string of the molecule is CCS(=O)(=O)c1ccc(Cl)nc1-c1nc2cc([S+](C)[O-])ccc2o1. The van der Waals surface area contributed by atoms with Gasteiger partial charge in [-0.1, -0.05) is 18.5 Å². The van der Waals surface area contributed by atoms with Gasteiger partial charge in [0.1, 0.15) is 22.6 Å². The monoisotopic (exact) mass is 384 g/mol. The fraction of sp³-hybridized carbons (Fsp3) is 0.200. The van der Waals surface area contributed by atoms with Gasteiger partial charge < -0.3 is 8.97 Å². The average Bonchev–Trinajstić information content (AvgIpc) is 2.97. The van der Waals surface area contributed by atoms with E-state index < -0.39 is 21.0 Å². The molecule has 3 aromatic rings. The molecule has 0 radical (unpaired) electrons. The van der Waals surface area contributed by atoms with E-state index in [1.165, 1.54) is 12.1 Å². The summed E-state index contributed by atoms with van der Waals surface area (Å²) in [7, 11) is -3.52. The number of hydrogen-bond acceptors (Lipinski definition) is 6. The first-order chi connectivity index (χ1) is 11.3. The highest BCUT2D eigenvalue weighted by atomic mass is 35.5. The number of hydrogen-bond donors (Lipinski definition) is 0. The van der Waals surface area contributed by atoms with Gasteiger partial charge in [-0.05, 0) is 35.4 Å². The van der Waals surface area contributed by atoms with Crippen LogP contribution in [0.3, 0.4) is 0 Å². The number of pyridine rings is 1. The molecule has 0 aliphatic carbocycles. The van der Waals surface area contributed by atoms with Crippen LogP contribution >= 0.6 is 11.6 Å². The van der Waals surface area contributed by atoms with Crippen molar-refractivity contribution in [1.29, 1.82) is 0 Å². The standard InChI is InChI=1S/C15H13ClN2O4S2/c1-3-24(20,21)12-6-7-13(16)18-14(12)15-17-10-8-9(23(2)19)4-5-11(10)22-15/h4-8H,3H2,1-2H3. The molecule has 24 heavy (non-hydrogen) atoms. The van der Waals surface area contributed by atoms with Gasteiger partial charge in [-0.15, -0.1) is 0 Å². The van der Waals surface area contributed by atoms with Crippen LogP contribution in [0.15, 0.2) is 44.5 Å². The molecule has 1 unspecified atom stereocenters. The molecular formula is C15H13ClN2O4S2. The zero-order valence-corrected chi connectivity index (χ0v) is 15.2. The van der Waals surface area contributed by atoms with Crippen LogP contribution < -0.4 is 0 Å². The van der Waals surface area contributed by atoms with Crippen LogP contribution in [0.5, 0.6) is 0 Å². The highest BCUT2D eigenvalue weighted by molar-refractivity contribution is 7.91. The first kappa shape index (κ1) is 17.2. The molecule has 0 fully saturated rings. The molecule has 0 spiro atoms. The Morgan fingerprint density at radius 1 is 1.25 bits per heavy atom. The van der Waals surface area contributed by atoms with Crippen molar-refractivity contribution in [2.75, 3.05) is 12.0 Å². The third kappa shape index (κ3) is 3.14. The van der Waals surface area contributed by atoms with E-state index in [-0.39, 0.29) is 27.4 Å². The third-order valence-electron chi connectivity index (χ3n) is 3.43. The maximum Gasteiger partial charge on any atom is 0.247 e. The number of aromatic nitrogens is 2. The van der Waals surface area contributed by atoms with Crippen LogP contribution in [0.4, 0.5) is 0 Å². The second-order valence-electron chi connectivity index (χ2n) is 4.99. The highest BCUT2D eigenvalue weighted by Crippen LogP contribution is 2.30. The van der Waals surface area contributed by atoms with Crippen molar-refractivity contribution >= 4 is 43.7 Å². The van der Waals surface area contributed by atoms with Gasteiger partial charge in [-0.25, -0.2) is 18.4 Å². The summed E-state index contributed by atoms with van der Waals surface area (Å²) >= 11 is 4.75. The van der Waals surface area contributed by atoms with Gasteiger partial charge in [0.25, 0.3) is 0 Å². The van der Waals surface area contributed by atoms with Crippen molar-refractivity contribution in [3.8, 4) is 11.6 Å². The van der Waals surface area contributed by atoms with Gasteiger partial charge in [0.2, 0.25) is 5.89 Å². The number of oxazole rings is 1. The highest BCUT2D eigenvalue weighted by Gasteiger charge is 2.23. The van der Waals surface area contributed by atoms with E-state index in [0.717, 1.165) is 0 Å². The molecule has 0 aliphatic heterocycles. The number of halogens is 1. The lowest BCUT2D eigenvalue weighted by Gasteiger charge is -2.05. The number of fused-ring (bicyclic) bond motifs is 1. The van der Waals surface area contributed by atoms with E-state index in [0.29, 0.717) is 16.0 Å². The maximum absolute atomic E-state index is 12.3. The van der Waals surface area contributed by atoms with E-state index in [9.17, 15) is 13.0 Å². The predicted molar refractivity (Wildman–Crippen MR) is 92.3 cm³/mol. The first-order valence-electron chi connectivity index (χ1n) is 6.95. The largest absolute Gasteiger partial charge is 0.612 e. The molecule has 2 aromatic heterocycles. The minimum Gasteiger partial charge on any atom is -0.612 e. The summed E-state index contributed by atoms with van der Waals surface area (Å²) in [4.78, 5) is 8.98. The van der Waals surface area contributed by atoms with Crippen LogP contribution in [0.1, 0.15) is 6.92 Å². The molecule has 1 atom stereocenters. The van der Waals surface area contributed by atoms with E-state index in [1.54, 1.807) is 31.4 Å². The smallest absolute Gasteiger partial charge is 0.247 e. The van der Waals surface area contributed by atoms with E-state index >= 15 is 0 Å². The summed E-state index contributed by atoms with van der Waals surface area (Å²) in [5.74, 6) is -0.0266. The molecule has 0 saturated heterocycles. The van der Waals surface area contributed by atoms with Gasteiger partial charge in [0, 0.05) is 6.07 Å². The summed E-state index contributed by atoms with van der Waals surface area (Å²) in [5, 5.41) is 0.137. The van der Waals surface area contributed by atoms with Gasteiger partial charge in [-0.2, -0.15) is 0 Å². The lowest BCUT2D eigenvalue weighted by molar-refractivity contribution is 0.592. The van der Waals surface area contributed by atoms with Crippen molar-refractivity contribution in [2.24, 2.45) is 0 Å². The summed E-state index contributed by atoms with van der Waals surface area (Å²) in [6.07, 6.45) is 1.56. The average molecular weight is 385 g/mol. The first-order valence-corrected chi connectivity index (χ1v) is 10.5. The molecule has 0 amide bonds. The summed E-state index contributed by atoms with van der Waals surface area (Å²) in [6, 6.07) is 7.75. The molecule has 9 heteroatoms. The van der Waals surface area contributed by atoms with Crippen LogP contribution in [0.25, 0.3) is 22.7 Å². The Hall–Kier alpha value is -1.61. The van der Waals surface area contributed by atoms with E-state index in [1.807, 2.05) is 0 Å². The lowest BCUT2D eigenvalue weighted by atomic mass is 10.3. The van der Waals surface area contributed by atoms with E-state index in [4.69, 9.17) is 16.0 Å². The quantitative estimate of drug-likeness (QED) is 0.506. The molecular weight excluding hydrogens is 372 g/mol. The third-order valence-corrected chi connectivity index (χ3v) is 6.32. The van der Waals surface area contributed by atoms with Crippen LogP contribution in [-0.2, 0) is 21.0 Å². The maximum atomic E-state index is 12.3. The molecule has 0 aliphatic rings. The zero-order valence-electron chi connectivity index (χ0n) is 12.8.